The summed E-state index contributed by atoms with van der Waals surface area (Å²) >= 11 is 0. The molecule has 0 atom stereocenters. The lowest BCUT2D eigenvalue weighted by molar-refractivity contribution is 0.00578. The third kappa shape index (κ3) is 3.28. The second-order valence-electron chi connectivity index (χ2n) is 10.4. The molecular weight excluding hydrogens is 431 g/mol. The maximum Gasteiger partial charge on any atom is 0.494 e. The number of rotatable bonds is 3. The Morgan fingerprint density at radius 1 is 0.543 bits per heavy atom. The SMILES string of the molecule is CC1(C)OB(c2cccc(C3(c4ccccc4)c4ccccc4Oc4ccccc43)c2)OC1(C)C. The van der Waals surface area contributed by atoms with Crippen LogP contribution in [-0.2, 0) is 14.7 Å². The van der Waals surface area contributed by atoms with Gasteiger partial charge in [0.2, 0.25) is 0 Å². The first-order valence-electron chi connectivity index (χ1n) is 12.2. The molecule has 0 radical (unpaired) electrons. The minimum Gasteiger partial charge on any atom is -0.457 e. The van der Waals surface area contributed by atoms with Crippen LogP contribution >= 0.6 is 0 Å². The van der Waals surface area contributed by atoms with Crippen molar-refractivity contribution in [1.82, 2.24) is 0 Å². The van der Waals surface area contributed by atoms with Crippen LogP contribution in [-0.4, -0.2) is 18.3 Å². The smallest absolute Gasteiger partial charge is 0.457 e. The van der Waals surface area contributed by atoms with Crippen molar-refractivity contribution in [2.24, 2.45) is 0 Å². The van der Waals surface area contributed by atoms with Crippen molar-refractivity contribution in [3.05, 3.63) is 125 Å². The maximum absolute atomic E-state index is 6.42. The summed E-state index contributed by atoms with van der Waals surface area (Å²) < 4.78 is 19.3. The van der Waals surface area contributed by atoms with Crippen LogP contribution in [0.25, 0.3) is 0 Å². The van der Waals surface area contributed by atoms with Crippen LogP contribution in [0.3, 0.4) is 0 Å². The Morgan fingerprint density at radius 3 is 1.66 bits per heavy atom. The molecule has 35 heavy (non-hydrogen) atoms. The van der Waals surface area contributed by atoms with E-state index in [2.05, 4.69) is 119 Å². The first-order valence-corrected chi connectivity index (χ1v) is 12.2. The molecule has 0 unspecified atom stereocenters. The van der Waals surface area contributed by atoms with Crippen molar-refractivity contribution in [2.75, 3.05) is 0 Å². The molecule has 4 heteroatoms. The van der Waals surface area contributed by atoms with Gasteiger partial charge in [-0.1, -0.05) is 91.0 Å². The Balaban J connectivity index is 1.62. The van der Waals surface area contributed by atoms with Gasteiger partial charge in [-0.25, -0.2) is 0 Å². The van der Waals surface area contributed by atoms with E-state index in [4.69, 9.17) is 14.0 Å². The van der Waals surface area contributed by atoms with E-state index in [1.165, 1.54) is 5.56 Å². The lowest BCUT2D eigenvalue weighted by Crippen LogP contribution is -2.41. The zero-order chi connectivity index (χ0) is 24.3. The van der Waals surface area contributed by atoms with E-state index in [1.54, 1.807) is 0 Å². The van der Waals surface area contributed by atoms with Crippen LogP contribution in [0.4, 0.5) is 0 Å². The molecule has 0 bridgehead atoms. The average Bonchev–Trinajstić information content (AvgIpc) is 3.10. The molecule has 0 spiro atoms. The van der Waals surface area contributed by atoms with E-state index in [-0.39, 0.29) is 0 Å². The molecule has 0 aliphatic carbocycles. The normalized spacial score (nSPS) is 18.9. The summed E-state index contributed by atoms with van der Waals surface area (Å²) in [7, 11) is -0.432. The van der Waals surface area contributed by atoms with Gasteiger partial charge in [-0.15, -0.1) is 0 Å². The van der Waals surface area contributed by atoms with Crippen molar-refractivity contribution in [3.8, 4) is 11.5 Å². The summed E-state index contributed by atoms with van der Waals surface area (Å²) in [4.78, 5) is 0. The first-order chi connectivity index (χ1) is 16.8. The molecule has 0 amide bonds. The third-order valence-corrected chi connectivity index (χ3v) is 7.85. The van der Waals surface area contributed by atoms with Gasteiger partial charge in [-0.2, -0.15) is 0 Å². The van der Waals surface area contributed by atoms with E-state index < -0.39 is 23.7 Å². The van der Waals surface area contributed by atoms with Gasteiger partial charge in [0.1, 0.15) is 11.5 Å². The van der Waals surface area contributed by atoms with Gasteiger partial charge in [0.05, 0.1) is 16.6 Å². The van der Waals surface area contributed by atoms with E-state index in [9.17, 15) is 0 Å². The lowest BCUT2D eigenvalue weighted by atomic mass is 9.62. The highest BCUT2D eigenvalue weighted by Gasteiger charge is 2.52. The minimum absolute atomic E-state index is 0.400. The highest BCUT2D eigenvalue weighted by atomic mass is 16.7. The summed E-state index contributed by atoms with van der Waals surface area (Å²) in [5, 5.41) is 0. The Kier molecular flexibility index (Phi) is 4.96. The highest BCUT2D eigenvalue weighted by Crippen LogP contribution is 2.55. The molecule has 4 aromatic carbocycles. The monoisotopic (exact) mass is 460 g/mol. The topological polar surface area (TPSA) is 27.7 Å². The summed E-state index contributed by atoms with van der Waals surface area (Å²) in [5.74, 6) is 1.74. The Labute approximate surface area is 207 Å². The van der Waals surface area contributed by atoms with Crippen molar-refractivity contribution in [2.45, 2.75) is 44.3 Å². The van der Waals surface area contributed by atoms with E-state index >= 15 is 0 Å². The van der Waals surface area contributed by atoms with Crippen LogP contribution < -0.4 is 10.2 Å². The number of ether oxygens (including phenoxy) is 1. The molecule has 0 saturated carbocycles. The second kappa shape index (κ2) is 7.84. The molecular formula is C31H29BO3. The van der Waals surface area contributed by atoms with Gasteiger partial charge in [0.25, 0.3) is 0 Å². The van der Waals surface area contributed by atoms with Gasteiger partial charge in [0, 0.05) is 11.1 Å². The van der Waals surface area contributed by atoms with Crippen LogP contribution in [0.1, 0.15) is 49.9 Å². The van der Waals surface area contributed by atoms with Gasteiger partial charge in [-0.3, -0.25) is 0 Å². The fourth-order valence-electron chi connectivity index (χ4n) is 5.37. The summed E-state index contributed by atoms with van der Waals surface area (Å²) in [5.41, 5.74) is 4.25. The van der Waals surface area contributed by atoms with E-state index in [0.717, 1.165) is 33.7 Å². The average molecular weight is 460 g/mol. The molecule has 2 aliphatic heterocycles. The fraction of sp³-hybridized carbons (Fsp3) is 0.226. The summed E-state index contributed by atoms with van der Waals surface area (Å²) in [6.45, 7) is 8.36. The van der Waals surface area contributed by atoms with Gasteiger partial charge >= 0.3 is 7.12 Å². The van der Waals surface area contributed by atoms with E-state index in [1.807, 2.05) is 12.1 Å². The zero-order valence-corrected chi connectivity index (χ0v) is 20.6. The molecule has 4 aromatic rings. The molecule has 1 saturated heterocycles. The van der Waals surface area contributed by atoms with Crippen molar-refractivity contribution >= 4 is 12.6 Å². The quantitative estimate of drug-likeness (QED) is 0.289. The summed E-state index contributed by atoms with van der Waals surface area (Å²) in [6, 6.07) is 36.1. The first kappa shape index (κ1) is 22.1. The van der Waals surface area contributed by atoms with E-state index in [0.29, 0.717) is 0 Å². The Bertz CT molecular complexity index is 1330. The minimum atomic E-state index is -0.549. The van der Waals surface area contributed by atoms with Crippen molar-refractivity contribution < 1.29 is 14.0 Å². The Morgan fingerprint density at radius 2 is 1.06 bits per heavy atom. The highest BCUT2D eigenvalue weighted by molar-refractivity contribution is 6.62. The van der Waals surface area contributed by atoms with Crippen molar-refractivity contribution in [1.29, 1.82) is 0 Å². The number of hydrogen-bond acceptors (Lipinski definition) is 3. The standard InChI is InChI=1S/C31H29BO3/c1-29(2)30(3,4)35-32(34-29)24-16-12-15-23(21-24)31(22-13-6-5-7-14-22)25-17-8-10-19-27(25)33-28-20-11-9-18-26(28)31/h5-21H,1-4H3. The van der Waals surface area contributed by atoms with Gasteiger partial charge in [0.15, 0.2) is 0 Å². The molecule has 2 aliphatic rings. The number of para-hydroxylation sites is 2. The molecule has 0 N–H and O–H groups in total. The van der Waals surface area contributed by atoms with Crippen molar-refractivity contribution in [3.63, 3.8) is 0 Å². The van der Waals surface area contributed by atoms with Crippen LogP contribution in [0.15, 0.2) is 103 Å². The summed E-state index contributed by atoms with van der Waals surface area (Å²) in [6.07, 6.45) is 0. The largest absolute Gasteiger partial charge is 0.494 e. The van der Waals surface area contributed by atoms with Crippen LogP contribution in [0, 0.1) is 0 Å². The third-order valence-electron chi connectivity index (χ3n) is 7.85. The molecule has 3 nitrogen and oxygen atoms in total. The lowest BCUT2D eigenvalue weighted by Gasteiger charge is -2.41. The van der Waals surface area contributed by atoms with Gasteiger partial charge < -0.3 is 14.0 Å². The molecule has 0 aromatic heterocycles. The number of benzene rings is 4. The fourth-order valence-corrected chi connectivity index (χ4v) is 5.37. The zero-order valence-electron chi connectivity index (χ0n) is 20.6. The predicted molar refractivity (Wildman–Crippen MR) is 141 cm³/mol. The van der Waals surface area contributed by atoms with Gasteiger partial charge in [-0.05, 0) is 56.4 Å². The molecule has 6 rings (SSSR count). The predicted octanol–water partition coefficient (Wildman–Crippen LogP) is 6.47. The number of fused-ring (bicyclic) bond motifs is 2. The van der Waals surface area contributed by atoms with Crippen LogP contribution in [0.5, 0.6) is 11.5 Å². The Hall–Kier alpha value is -3.34. The molecule has 2 heterocycles. The molecule has 1 fully saturated rings. The number of hydrogen-bond donors (Lipinski definition) is 0. The van der Waals surface area contributed by atoms with Crippen LogP contribution in [0.2, 0.25) is 0 Å². The maximum atomic E-state index is 6.42. The molecule has 174 valence electrons. The second-order valence-corrected chi connectivity index (χ2v) is 10.4.